The van der Waals surface area contributed by atoms with E-state index in [0.717, 1.165) is 38.8 Å². The summed E-state index contributed by atoms with van der Waals surface area (Å²) in [4.78, 5) is 18.0. The van der Waals surface area contributed by atoms with Crippen LogP contribution >= 0.6 is 11.3 Å². The average Bonchev–Trinajstić information content (AvgIpc) is 3.14. The van der Waals surface area contributed by atoms with Gasteiger partial charge in [0.25, 0.3) is 0 Å². The highest BCUT2D eigenvalue weighted by atomic mass is 32.1. The number of unbranched alkanes of at least 4 members (excludes halogenated alkanes) is 1. The van der Waals surface area contributed by atoms with E-state index in [1.807, 2.05) is 4.90 Å². The lowest BCUT2D eigenvalue weighted by molar-refractivity contribution is -0.133. The summed E-state index contributed by atoms with van der Waals surface area (Å²) in [5.74, 6) is 0.204. The number of hydrogen-bond donors (Lipinski definition) is 1. The smallest absolute Gasteiger partial charge is 0.237 e. The van der Waals surface area contributed by atoms with E-state index in [1.54, 1.807) is 11.3 Å². The van der Waals surface area contributed by atoms with Crippen LogP contribution in [0.2, 0.25) is 0 Å². The Morgan fingerprint density at radius 3 is 3.05 bits per heavy atom. The van der Waals surface area contributed by atoms with Gasteiger partial charge in [-0.1, -0.05) is 19.4 Å². The van der Waals surface area contributed by atoms with Gasteiger partial charge in [0.1, 0.15) is 0 Å². The second-order valence-corrected chi connectivity index (χ2v) is 6.59. The van der Waals surface area contributed by atoms with Crippen LogP contribution in [-0.2, 0) is 4.79 Å². The van der Waals surface area contributed by atoms with Crippen molar-refractivity contribution in [2.45, 2.75) is 38.6 Å². The molecule has 1 aliphatic heterocycles. The van der Waals surface area contributed by atoms with Crippen molar-refractivity contribution in [3.8, 4) is 0 Å². The zero-order valence-electron chi connectivity index (χ0n) is 12.8. The molecule has 5 heteroatoms. The van der Waals surface area contributed by atoms with Gasteiger partial charge in [0.05, 0.1) is 19.2 Å². The maximum absolute atomic E-state index is 12.6. The van der Waals surface area contributed by atoms with Gasteiger partial charge in [-0.3, -0.25) is 9.69 Å². The van der Waals surface area contributed by atoms with Crippen molar-refractivity contribution >= 4 is 17.2 Å². The summed E-state index contributed by atoms with van der Waals surface area (Å²) < 4.78 is 0. The fourth-order valence-corrected chi connectivity index (χ4v) is 3.79. The number of amides is 1. The van der Waals surface area contributed by atoms with Crippen molar-refractivity contribution in [3.63, 3.8) is 0 Å². The van der Waals surface area contributed by atoms with Gasteiger partial charge >= 0.3 is 0 Å². The van der Waals surface area contributed by atoms with Gasteiger partial charge in [-0.25, -0.2) is 0 Å². The summed E-state index contributed by atoms with van der Waals surface area (Å²) in [6, 6.07) is 4.45. The Bertz CT molecular complexity index is 422. The van der Waals surface area contributed by atoms with E-state index >= 15 is 0 Å². The van der Waals surface area contributed by atoms with Crippen LogP contribution in [0, 0.1) is 0 Å². The molecule has 118 valence electrons. The molecule has 0 radical (unpaired) electrons. The van der Waals surface area contributed by atoms with Crippen molar-refractivity contribution < 1.29 is 9.90 Å². The molecule has 2 rings (SSSR count). The Morgan fingerprint density at radius 1 is 1.52 bits per heavy atom. The molecule has 0 bridgehead atoms. The molecule has 1 aromatic rings. The van der Waals surface area contributed by atoms with Gasteiger partial charge < -0.3 is 10.0 Å². The van der Waals surface area contributed by atoms with Gasteiger partial charge in [0, 0.05) is 18.0 Å². The van der Waals surface area contributed by atoms with Gasteiger partial charge in [-0.2, -0.15) is 0 Å². The number of hydrogen-bond acceptors (Lipinski definition) is 4. The zero-order valence-corrected chi connectivity index (χ0v) is 13.6. The number of aliphatic hydroxyl groups is 1. The summed E-state index contributed by atoms with van der Waals surface area (Å²) >= 11 is 1.74. The second kappa shape index (κ2) is 8.51. The molecule has 2 heterocycles. The maximum Gasteiger partial charge on any atom is 0.237 e. The van der Waals surface area contributed by atoms with Crippen LogP contribution in [0.5, 0.6) is 0 Å². The minimum absolute atomic E-state index is 0.116. The fourth-order valence-electron chi connectivity index (χ4n) is 2.92. The fraction of sp³-hybridized carbons (Fsp3) is 0.688. The zero-order chi connectivity index (χ0) is 15.1. The Hall–Kier alpha value is -0.910. The molecule has 0 saturated carbocycles. The summed E-state index contributed by atoms with van der Waals surface area (Å²) in [6.45, 7) is 5.03. The standard InChI is InChI=1S/C16H26N2O2S/c1-2-3-8-17(10-11-19)13-16(20)18-9-4-6-14(18)15-7-5-12-21-15/h5,7,12,14,19H,2-4,6,8-11,13H2,1H3. The van der Waals surface area contributed by atoms with Crippen molar-refractivity contribution in [2.75, 3.05) is 32.8 Å². The Balaban J connectivity index is 1.94. The van der Waals surface area contributed by atoms with Crippen LogP contribution in [-0.4, -0.2) is 53.6 Å². The largest absolute Gasteiger partial charge is 0.395 e. The highest BCUT2D eigenvalue weighted by molar-refractivity contribution is 7.10. The molecule has 4 nitrogen and oxygen atoms in total. The lowest BCUT2D eigenvalue weighted by Gasteiger charge is -2.28. The topological polar surface area (TPSA) is 43.8 Å². The van der Waals surface area contributed by atoms with Crippen LogP contribution in [0.15, 0.2) is 17.5 Å². The molecule has 1 saturated heterocycles. The number of nitrogens with zero attached hydrogens (tertiary/aromatic N) is 2. The van der Waals surface area contributed by atoms with Gasteiger partial charge in [-0.05, 0) is 37.3 Å². The number of rotatable bonds is 8. The first-order chi connectivity index (χ1) is 10.3. The number of carbonyl (C=O) groups is 1. The molecule has 0 aliphatic carbocycles. The van der Waals surface area contributed by atoms with E-state index in [9.17, 15) is 4.79 Å². The van der Waals surface area contributed by atoms with Crippen molar-refractivity contribution in [3.05, 3.63) is 22.4 Å². The number of thiophene rings is 1. The molecular formula is C16H26N2O2S. The second-order valence-electron chi connectivity index (χ2n) is 5.61. The van der Waals surface area contributed by atoms with E-state index in [2.05, 4.69) is 29.3 Å². The Labute approximate surface area is 131 Å². The molecule has 0 spiro atoms. The van der Waals surface area contributed by atoms with Crippen LogP contribution < -0.4 is 0 Å². The first-order valence-corrected chi connectivity index (χ1v) is 8.80. The third-order valence-corrected chi connectivity index (χ3v) is 5.02. The third-order valence-electron chi connectivity index (χ3n) is 4.05. The average molecular weight is 310 g/mol. The molecule has 1 aromatic heterocycles. The maximum atomic E-state index is 12.6. The summed E-state index contributed by atoms with van der Waals surface area (Å²) in [6.07, 6.45) is 4.34. The summed E-state index contributed by atoms with van der Waals surface area (Å²) in [5.41, 5.74) is 0. The van der Waals surface area contributed by atoms with E-state index < -0.39 is 0 Å². The van der Waals surface area contributed by atoms with Gasteiger partial charge in [-0.15, -0.1) is 11.3 Å². The van der Waals surface area contributed by atoms with Gasteiger partial charge in [0.15, 0.2) is 0 Å². The molecule has 1 fully saturated rings. The number of likely N-dealkylation sites (tertiary alicyclic amines) is 1. The third kappa shape index (κ3) is 4.53. The van der Waals surface area contributed by atoms with Crippen LogP contribution in [0.4, 0.5) is 0 Å². The van der Waals surface area contributed by atoms with Crippen molar-refractivity contribution in [2.24, 2.45) is 0 Å². The summed E-state index contributed by atoms with van der Waals surface area (Å²) in [5, 5.41) is 11.2. The molecule has 1 unspecified atom stereocenters. The normalized spacial score (nSPS) is 18.6. The number of carbonyl (C=O) groups excluding carboxylic acids is 1. The Kier molecular flexibility index (Phi) is 6.67. The van der Waals surface area contributed by atoms with Crippen LogP contribution in [0.25, 0.3) is 0 Å². The minimum Gasteiger partial charge on any atom is -0.395 e. The van der Waals surface area contributed by atoms with E-state index in [1.165, 1.54) is 4.88 Å². The van der Waals surface area contributed by atoms with E-state index in [-0.39, 0.29) is 18.6 Å². The summed E-state index contributed by atoms with van der Waals surface area (Å²) in [7, 11) is 0. The number of aliphatic hydroxyl groups excluding tert-OH is 1. The van der Waals surface area contributed by atoms with Crippen LogP contribution in [0.1, 0.15) is 43.5 Å². The lowest BCUT2D eigenvalue weighted by Crippen LogP contribution is -2.41. The molecule has 1 N–H and O–H groups in total. The van der Waals surface area contributed by atoms with Crippen molar-refractivity contribution in [1.82, 2.24) is 9.80 Å². The van der Waals surface area contributed by atoms with Crippen LogP contribution in [0.3, 0.4) is 0 Å². The van der Waals surface area contributed by atoms with Crippen molar-refractivity contribution in [1.29, 1.82) is 0 Å². The predicted octanol–water partition coefficient (Wildman–Crippen LogP) is 2.51. The highest BCUT2D eigenvalue weighted by Crippen LogP contribution is 2.34. The monoisotopic (exact) mass is 310 g/mol. The first kappa shape index (κ1) is 16.5. The molecular weight excluding hydrogens is 284 g/mol. The molecule has 1 atom stereocenters. The van der Waals surface area contributed by atoms with E-state index in [4.69, 9.17) is 5.11 Å². The molecule has 1 amide bonds. The first-order valence-electron chi connectivity index (χ1n) is 7.92. The molecule has 21 heavy (non-hydrogen) atoms. The Morgan fingerprint density at radius 2 is 2.38 bits per heavy atom. The quantitative estimate of drug-likeness (QED) is 0.802. The lowest BCUT2D eigenvalue weighted by atomic mass is 10.2. The highest BCUT2D eigenvalue weighted by Gasteiger charge is 2.31. The van der Waals surface area contributed by atoms with E-state index in [0.29, 0.717) is 13.1 Å². The molecule has 1 aliphatic rings. The molecule has 0 aromatic carbocycles. The predicted molar refractivity (Wildman–Crippen MR) is 86.4 cm³/mol. The minimum atomic E-state index is 0.116. The van der Waals surface area contributed by atoms with Gasteiger partial charge in [0.2, 0.25) is 5.91 Å². The SMILES string of the molecule is CCCCN(CCO)CC(=O)N1CCCC1c1cccs1.